The smallest absolute Gasteiger partial charge is 0.311 e. The predicted molar refractivity (Wildman–Crippen MR) is 69.2 cm³/mol. The Kier molecular flexibility index (Phi) is 3.66. The summed E-state index contributed by atoms with van der Waals surface area (Å²) >= 11 is 0. The summed E-state index contributed by atoms with van der Waals surface area (Å²) in [5, 5.41) is 11.3. The van der Waals surface area contributed by atoms with E-state index in [2.05, 4.69) is 5.32 Å². The molecule has 0 unspecified atom stereocenters. The van der Waals surface area contributed by atoms with E-state index in [0.29, 0.717) is 5.69 Å². The minimum atomic E-state index is -1.00. The normalized spacial score (nSPS) is 10.2. The van der Waals surface area contributed by atoms with Crippen molar-refractivity contribution in [2.45, 2.75) is 13.3 Å². The first-order valence-electron chi connectivity index (χ1n) is 5.73. The van der Waals surface area contributed by atoms with Crippen molar-refractivity contribution < 1.29 is 19.1 Å². The molecule has 2 rings (SSSR count). The van der Waals surface area contributed by atoms with Crippen molar-refractivity contribution >= 4 is 17.6 Å². The van der Waals surface area contributed by atoms with Crippen LogP contribution in [0.3, 0.4) is 0 Å². The number of carbonyl (C=O) groups is 2. The molecule has 1 amide bonds. The lowest BCUT2D eigenvalue weighted by molar-refractivity contribution is -0.136. The standard InChI is InChI=1S/C14H13NO4/c1-9-3-2-4-10(7-9)15-14(18)12-6-5-11(19-12)8-13(16)17/h2-7H,8H2,1H3,(H,15,18)(H,16,17). The molecule has 0 radical (unpaired) electrons. The summed E-state index contributed by atoms with van der Waals surface area (Å²) in [7, 11) is 0. The van der Waals surface area contributed by atoms with E-state index in [4.69, 9.17) is 9.52 Å². The molecule has 0 saturated carbocycles. The average Bonchev–Trinajstić information content (AvgIpc) is 2.76. The van der Waals surface area contributed by atoms with Crippen molar-refractivity contribution in [2.75, 3.05) is 5.32 Å². The van der Waals surface area contributed by atoms with Crippen LogP contribution in [0.2, 0.25) is 0 Å². The second kappa shape index (κ2) is 5.39. The lowest BCUT2D eigenvalue weighted by Crippen LogP contribution is -2.10. The average molecular weight is 259 g/mol. The Labute approximate surface area is 109 Å². The highest BCUT2D eigenvalue weighted by molar-refractivity contribution is 6.02. The van der Waals surface area contributed by atoms with E-state index in [1.54, 1.807) is 6.07 Å². The molecule has 98 valence electrons. The molecule has 0 aliphatic carbocycles. The first-order chi connectivity index (χ1) is 9.04. The molecule has 2 aromatic rings. The van der Waals surface area contributed by atoms with Crippen LogP contribution in [-0.4, -0.2) is 17.0 Å². The maximum absolute atomic E-state index is 11.9. The van der Waals surface area contributed by atoms with Gasteiger partial charge in [-0.3, -0.25) is 9.59 Å². The lowest BCUT2D eigenvalue weighted by Gasteiger charge is -2.03. The van der Waals surface area contributed by atoms with Crippen LogP contribution < -0.4 is 5.32 Å². The van der Waals surface area contributed by atoms with E-state index in [1.807, 2.05) is 25.1 Å². The number of amides is 1. The Bertz CT molecular complexity index is 615. The van der Waals surface area contributed by atoms with Crippen LogP contribution in [0.5, 0.6) is 0 Å². The lowest BCUT2D eigenvalue weighted by atomic mass is 10.2. The summed E-state index contributed by atoms with van der Waals surface area (Å²) < 4.78 is 5.17. The van der Waals surface area contributed by atoms with E-state index in [9.17, 15) is 9.59 Å². The number of carboxylic acids is 1. The number of furan rings is 1. The van der Waals surface area contributed by atoms with E-state index in [-0.39, 0.29) is 17.9 Å². The maximum Gasteiger partial charge on any atom is 0.311 e. The largest absolute Gasteiger partial charge is 0.481 e. The molecule has 19 heavy (non-hydrogen) atoms. The first-order valence-corrected chi connectivity index (χ1v) is 5.73. The Hall–Kier alpha value is -2.56. The van der Waals surface area contributed by atoms with Crippen molar-refractivity contribution in [3.63, 3.8) is 0 Å². The quantitative estimate of drug-likeness (QED) is 0.883. The van der Waals surface area contributed by atoms with Crippen LogP contribution in [0, 0.1) is 6.92 Å². The van der Waals surface area contributed by atoms with Crippen molar-refractivity contribution in [3.05, 3.63) is 53.5 Å². The molecule has 5 nitrogen and oxygen atoms in total. The van der Waals surface area contributed by atoms with Gasteiger partial charge in [-0.05, 0) is 36.8 Å². The van der Waals surface area contributed by atoms with Gasteiger partial charge in [-0.15, -0.1) is 0 Å². The summed E-state index contributed by atoms with van der Waals surface area (Å²) in [6, 6.07) is 10.3. The summed E-state index contributed by atoms with van der Waals surface area (Å²) in [6.07, 6.45) is -0.238. The van der Waals surface area contributed by atoms with Crippen molar-refractivity contribution in [1.29, 1.82) is 0 Å². The number of benzene rings is 1. The van der Waals surface area contributed by atoms with E-state index < -0.39 is 11.9 Å². The summed E-state index contributed by atoms with van der Waals surface area (Å²) in [4.78, 5) is 22.4. The number of aryl methyl sites for hydroxylation is 1. The van der Waals surface area contributed by atoms with Crippen LogP contribution in [-0.2, 0) is 11.2 Å². The monoisotopic (exact) mass is 259 g/mol. The van der Waals surface area contributed by atoms with Crippen molar-refractivity contribution in [3.8, 4) is 0 Å². The van der Waals surface area contributed by atoms with Gasteiger partial charge in [-0.25, -0.2) is 0 Å². The summed E-state index contributed by atoms with van der Waals surface area (Å²) in [5.41, 5.74) is 1.70. The Balaban J connectivity index is 2.07. The second-order valence-electron chi connectivity index (χ2n) is 4.16. The Morgan fingerprint density at radius 3 is 2.74 bits per heavy atom. The SMILES string of the molecule is Cc1cccc(NC(=O)c2ccc(CC(=O)O)o2)c1. The molecule has 0 bridgehead atoms. The number of hydrogen-bond donors (Lipinski definition) is 2. The third-order valence-corrected chi connectivity index (χ3v) is 2.49. The molecule has 0 saturated heterocycles. The number of aliphatic carboxylic acids is 1. The van der Waals surface area contributed by atoms with Gasteiger partial charge >= 0.3 is 5.97 Å². The van der Waals surface area contributed by atoms with Gasteiger partial charge in [0.1, 0.15) is 12.2 Å². The van der Waals surface area contributed by atoms with E-state index in [1.165, 1.54) is 12.1 Å². The van der Waals surface area contributed by atoms with Gasteiger partial charge < -0.3 is 14.8 Å². The predicted octanol–water partition coefficient (Wildman–Crippen LogP) is 2.47. The zero-order valence-electron chi connectivity index (χ0n) is 10.3. The Morgan fingerprint density at radius 2 is 2.05 bits per heavy atom. The van der Waals surface area contributed by atoms with Crippen LogP contribution in [0.15, 0.2) is 40.8 Å². The number of carboxylic acid groups (broad SMARTS) is 1. The molecule has 0 aliphatic heterocycles. The maximum atomic E-state index is 11.9. The van der Waals surface area contributed by atoms with Gasteiger partial charge in [0, 0.05) is 5.69 Å². The fraction of sp³-hybridized carbons (Fsp3) is 0.143. The molecule has 5 heteroatoms. The van der Waals surface area contributed by atoms with Crippen LogP contribution in [0.1, 0.15) is 21.9 Å². The first kappa shape index (κ1) is 12.9. The number of carbonyl (C=O) groups excluding carboxylic acids is 1. The van der Waals surface area contributed by atoms with Gasteiger partial charge in [0.2, 0.25) is 0 Å². The number of rotatable bonds is 4. The van der Waals surface area contributed by atoms with Gasteiger partial charge in [-0.2, -0.15) is 0 Å². The molecule has 1 heterocycles. The van der Waals surface area contributed by atoms with E-state index in [0.717, 1.165) is 5.56 Å². The zero-order valence-corrected chi connectivity index (χ0v) is 10.3. The zero-order chi connectivity index (χ0) is 13.8. The fourth-order valence-corrected chi connectivity index (χ4v) is 1.66. The third kappa shape index (κ3) is 3.45. The minimum Gasteiger partial charge on any atom is -0.481 e. The molecular weight excluding hydrogens is 246 g/mol. The molecule has 0 aliphatic rings. The van der Waals surface area contributed by atoms with Crippen molar-refractivity contribution in [1.82, 2.24) is 0 Å². The summed E-state index contributed by atoms with van der Waals surface area (Å²) in [6.45, 7) is 1.92. The minimum absolute atomic E-state index is 0.0951. The molecular formula is C14H13NO4. The molecule has 1 aromatic carbocycles. The van der Waals surface area contributed by atoms with Gasteiger partial charge in [-0.1, -0.05) is 12.1 Å². The van der Waals surface area contributed by atoms with E-state index >= 15 is 0 Å². The van der Waals surface area contributed by atoms with Crippen molar-refractivity contribution in [2.24, 2.45) is 0 Å². The van der Waals surface area contributed by atoms with Crippen LogP contribution in [0.4, 0.5) is 5.69 Å². The summed E-state index contributed by atoms with van der Waals surface area (Å²) in [5.74, 6) is -1.05. The number of hydrogen-bond acceptors (Lipinski definition) is 3. The Morgan fingerprint density at radius 1 is 1.26 bits per heavy atom. The number of anilines is 1. The molecule has 0 spiro atoms. The number of nitrogens with one attached hydrogen (secondary N) is 1. The molecule has 1 aromatic heterocycles. The van der Waals surface area contributed by atoms with Gasteiger partial charge in [0.05, 0.1) is 0 Å². The molecule has 0 atom stereocenters. The second-order valence-corrected chi connectivity index (χ2v) is 4.16. The highest BCUT2D eigenvalue weighted by atomic mass is 16.4. The fourth-order valence-electron chi connectivity index (χ4n) is 1.66. The van der Waals surface area contributed by atoms with Crippen LogP contribution >= 0.6 is 0 Å². The third-order valence-electron chi connectivity index (χ3n) is 2.49. The van der Waals surface area contributed by atoms with Gasteiger partial charge in [0.15, 0.2) is 5.76 Å². The molecule has 2 N–H and O–H groups in total. The topological polar surface area (TPSA) is 79.5 Å². The highest BCUT2D eigenvalue weighted by Crippen LogP contribution is 2.14. The van der Waals surface area contributed by atoms with Crippen LogP contribution in [0.25, 0.3) is 0 Å². The van der Waals surface area contributed by atoms with Gasteiger partial charge in [0.25, 0.3) is 5.91 Å². The molecule has 0 fully saturated rings. The highest BCUT2D eigenvalue weighted by Gasteiger charge is 2.13.